The van der Waals surface area contributed by atoms with Crippen LogP contribution in [0.15, 0.2) is 6.20 Å². The molecule has 0 saturated carbocycles. The third-order valence-corrected chi connectivity index (χ3v) is 5.05. The van der Waals surface area contributed by atoms with Gasteiger partial charge in [-0.3, -0.25) is 14.3 Å². The molecule has 0 aliphatic carbocycles. The van der Waals surface area contributed by atoms with E-state index >= 15 is 0 Å². The molecule has 2 fully saturated rings. The molecule has 0 bridgehead atoms. The second-order valence-corrected chi connectivity index (χ2v) is 7.39. The summed E-state index contributed by atoms with van der Waals surface area (Å²) < 4.78 is 7.31. The lowest BCUT2D eigenvalue weighted by Crippen LogP contribution is -2.46. The van der Waals surface area contributed by atoms with Crippen LogP contribution in [0.5, 0.6) is 0 Å². The molecule has 132 valence electrons. The van der Waals surface area contributed by atoms with E-state index in [1.165, 1.54) is 0 Å². The van der Waals surface area contributed by atoms with Gasteiger partial charge in [-0.05, 0) is 27.2 Å². The van der Waals surface area contributed by atoms with E-state index in [0.717, 1.165) is 12.1 Å². The molecule has 1 unspecified atom stereocenters. The molecule has 0 N–H and O–H groups in total. The van der Waals surface area contributed by atoms with Crippen molar-refractivity contribution in [3.63, 3.8) is 0 Å². The Morgan fingerprint density at radius 3 is 2.75 bits per heavy atom. The highest BCUT2D eigenvalue weighted by Crippen LogP contribution is 2.35. The van der Waals surface area contributed by atoms with Gasteiger partial charge in [0.15, 0.2) is 0 Å². The third kappa shape index (κ3) is 3.05. The van der Waals surface area contributed by atoms with Crippen LogP contribution in [0.1, 0.15) is 36.3 Å². The smallest absolute Gasteiger partial charge is 0.257 e. The molecule has 1 aromatic heterocycles. The summed E-state index contributed by atoms with van der Waals surface area (Å²) in [4.78, 5) is 28.8. The molecule has 1 aromatic rings. The van der Waals surface area contributed by atoms with Gasteiger partial charge in [-0.15, -0.1) is 0 Å². The topological polar surface area (TPSA) is 67.7 Å². The van der Waals surface area contributed by atoms with Gasteiger partial charge >= 0.3 is 0 Å². The van der Waals surface area contributed by atoms with Crippen molar-refractivity contribution in [1.29, 1.82) is 0 Å². The molecular weight excluding hydrogens is 308 g/mol. The second kappa shape index (κ2) is 6.20. The molecule has 24 heavy (non-hydrogen) atoms. The minimum Gasteiger partial charge on any atom is -0.371 e. The van der Waals surface area contributed by atoms with Crippen LogP contribution in [0.25, 0.3) is 0 Å². The summed E-state index contributed by atoms with van der Waals surface area (Å²) in [5, 5.41) is 4.26. The molecule has 3 rings (SSSR count). The number of hydrogen-bond acceptors (Lipinski definition) is 4. The molecule has 0 aromatic carbocycles. The van der Waals surface area contributed by atoms with E-state index in [-0.39, 0.29) is 29.9 Å². The van der Waals surface area contributed by atoms with Gasteiger partial charge in [0, 0.05) is 44.3 Å². The minimum absolute atomic E-state index is 0.0177. The van der Waals surface area contributed by atoms with Crippen LogP contribution < -0.4 is 0 Å². The maximum Gasteiger partial charge on any atom is 0.257 e. The number of rotatable bonds is 2. The van der Waals surface area contributed by atoms with Crippen molar-refractivity contribution in [2.75, 3.05) is 32.8 Å². The van der Waals surface area contributed by atoms with Gasteiger partial charge in [0.2, 0.25) is 5.91 Å². The summed E-state index contributed by atoms with van der Waals surface area (Å²) in [6.07, 6.45) is 2.63. The number of hydrogen-bond donors (Lipinski definition) is 0. The Morgan fingerprint density at radius 2 is 2.12 bits per heavy atom. The number of carbonyl (C=O) groups is 2. The molecule has 1 spiro atoms. The lowest BCUT2D eigenvalue weighted by atomic mass is 9.87. The van der Waals surface area contributed by atoms with E-state index in [9.17, 15) is 9.59 Å². The maximum atomic E-state index is 12.8. The third-order valence-electron chi connectivity index (χ3n) is 5.05. The van der Waals surface area contributed by atoms with Crippen molar-refractivity contribution in [2.45, 2.75) is 33.2 Å². The van der Waals surface area contributed by atoms with E-state index in [1.807, 2.05) is 37.6 Å². The number of aromatic nitrogens is 2. The highest BCUT2D eigenvalue weighted by atomic mass is 16.5. The van der Waals surface area contributed by atoms with Gasteiger partial charge in [-0.2, -0.15) is 5.10 Å². The SMILES string of the molecule is Cc1nn(C)cc1C(=O)N1CCC2(COCC(=O)N(C(C)C)C2)C1. The zero-order chi connectivity index (χ0) is 17.5. The summed E-state index contributed by atoms with van der Waals surface area (Å²) in [5.74, 6) is 0.0545. The first-order valence-electron chi connectivity index (χ1n) is 8.48. The van der Waals surface area contributed by atoms with Gasteiger partial charge in [0.05, 0.1) is 17.9 Å². The fourth-order valence-electron chi connectivity index (χ4n) is 3.74. The predicted octanol–water partition coefficient (Wildman–Crippen LogP) is 0.828. The zero-order valence-electron chi connectivity index (χ0n) is 14.9. The lowest BCUT2D eigenvalue weighted by Gasteiger charge is -2.34. The summed E-state index contributed by atoms with van der Waals surface area (Å²) in [6.45, 7) is 8.52. The molecular formula is C17H26N4O3. The van der Waals surface area contributed by atoms with E-state index in [4.69, 9.17) is 4.74 Å². The van der Waals surface area contributed by atoms with Crippen molar-refractivity contribution < 1.29 is 14.3 Å². The largest absolute Gasteiger partial charge is 0.371 e. The van der Waals surface area contributed by atoms with E-state index in [1.54, 1.807) is 10.9 Å². The van der Waals surface area contributed by atoms with Crippen molar-refractivity contribution in [1.82, 2.24) is 19.6 Å². The molecule has 7 nitrogen and oxygen atoms in total. The van der Waals surface area contributed by atoms with Crippen molar-refractivity contribution >= 4 is 11.8 Å². The Labute approximate surface area is 142 Å². The molecule has 2 aliphatic heterocycles. The summed E-state index contributed by atoms with van der Waals surface area (Å²) >= 11 is 0. The highest BCUT2D eigenvalue weighted by Gasteiger charge is 2.44. The fourth-order valence-corrected chi connectivity index (χ4v) is 3.74. The summed E-state index contributed by atoms with van der Waals surface area (Å²) in [6, 6.07) is 0.140. The normalized spacial score (nSPS) is 25.0. The van der Waals surface area contributed by atoms with Gasteiger partial charge in [-0.25, -0.2) is 0 Å². The number of carbonyl (C=O) groups excluding carboxylic acids is 2. The molecule has 1 atom stereocenters. The number of likely N-dealkylation sites (tertiary alicyclic amines) is 1. The lowest BCUT2D eigenvalue weighted by molar-refractivity contribution is -0.135. The Morgan fingerprint density at radius 1 is 1.38 bits per heavy atom. The second-order valence-electron chi connectivity index (χ2n) is 7.39. The van der Waals surface area contributed by atoms with Gasteiger partial charge in [0.25, 0.3) is 5.91 Å². The molecule has 3 heterocycles. The highest BCUT2D eigenvalue weighted by molar-refractivity contribution is 5.95. The maximum absolute atomic E-state index is 12.8. The van der Waals surface area contributed by atoms with Crippen molar-refractivity contribution in [3.8, 4) is 0 Å². The van der Waals surface area contributed by atoms with Crippen LogP contribution in [0.3, 0.4) is 0 Å². The predicted molar refractivity (Wildman–Crippen MR) is 88.6 cm³/mol. The van der Waals surface area contributed by atoms with Crippen LogP contribution >= 0.6 is 0 Å². The zero-order valence-corrected chi connectivity index (χ0v) is 14.9. The first-order valence-corrected chi connectivity index (χ1v) is 8.48. The number of nitrogens with zero attached hydrogens (tertiary/aromatic N) is 4. The van der Waals surface area contributed by atoms with E-state index < -0.39 is 0 Å². The van der Waals surface area contributed by atoms with Crippen LogP contribution in [0, 0.1) is 12.3 Å². The summed E-state index contributed by atoms with van der Waals surface area (Å²) in [7, 11) is 1.82. The fraction of sp³-hybridized carbons (Fsp3) is 0.706. The first-order chi connectivity index (χ1) is 11.3. The summed E-state index contributed by atoms with van der Waals surface area (Å²) in [5.41, 5.74) is 1.24. The van der Waals surface area contributed by atoms with Crippen molar-refractivity contribution in [3.05, 3.63) is 17.5 Å². The average Bonchev–Trinajstić information content (AvgIpc) is 3.02. The average molecular weight is 334 g/mol. The molecule has 2 aliphatic rings. The van der Waals surface area contributed by atoms with E-state index in [0.29, 0.717) is 31.8 Å². The Kier molecular flexibility index (Phi) is 4.38. The molecule has 2 amide bonds. The Bertz CT molecular complexity index is 654. The van der Waals surface area contributed by atoms with E-state index in [2.05, 4.69) is 5.10 Å². The number of amides is 2. The molecule has 0 radical (unpaired) electrons. The first kappa shape index (κ1) is 17.0. The van der Waals surface area contributed by atoms with Crippen LogP contribution in [-0.2, 0) is 16.6 Å². The van der Waals surface area contributed by atoms with Gasteiger partial charge in [0.1, 0.15) is 6.61 Å². The Balaban J connectivity index is 1.77. The molecule has 7 heteroatoms. The van der Waals surface area contributed by atoms with Crippen molar-refractivity contribution in [2.24, 2.45) is 12.5 Å². The minimum atomic E-state index is -0.164. The quantitative estimate of drug-likeness (QED) is 0.803. The standard InChI is InChI=1S/C17H26N4O3/c1-12(2)21-10-17(11-24-8-15(21)22)5-6-20(9-17)16(23)14-7-19(4)18-13(14)3/h7,12H,5-6,8-11H2,1-4H3. The molecule has 2 saturated heterocycles. The van der Waals surface area contributed by atoms with Crippen LogP contribution in [0.2, 0.25) is 0 Å². The monoisotopic (exact) mass is 334 g/mol. The number of ether oxygens (including phenoxy) is 1. The van der Waals surface area contributed by atoms with Gasteiger partial charge < -0.3 is 14.5 Å². The van der Waals surface area contributed by atoms with Crippen LogP contribution in [0.4, 0.5) is 0 Å². The Hall–Kier alpha value is -1.89. The van der Waals surface area contributed by atoms with Gasteiger partial charge in [-0.1, -0.05) is 0 Å². The number of aryl methyl sites for hydroxylation is 2. The van der Waals surface area contributed by atoms with Crippen LogP contribution in [-0.4, -0.2) is 70.3 Å².